The third-order valence-corrected chi connectivity index (χ3v) is 3.14. The summed E-state index contributed by atoms with van der Waals surface area (Å²) >= 11 is 1.25. The number of esters is 1. The van der Waals surface area contributed by atoms with Gasteiger partial charge < -0.3 is 9.15 Å². The molecular formula is C12H12N2O4S. The Morgan fingerprint density at radius 3 is 2.74 bits per heavy atom. The van der Waals surface area contributed by atoms with Crippen molar-refractivity contribution in [1.82, 2.24) is 9.97 Å². The molecule has 0 aliphatic carbocycles. The number of carbonyl (C=O) groups is 2. The van der Waals surface area contributed by atoms with Crippen LogP contribution in [0.25, 0.3) is 10.7 Å². The Hall–Kier alpha value is -2.02. The summed E-state index contributed by atoms with van der Waals surface area (Å²) in [5.74, 6) is -0.190. The van der Waals surface area contributed by atoms with Crippen molar-refractivity contribution in [2.45, 2.75) is 20.8 Å². The van der Waals surface area contributed by atoms with E-state index in [-0.39, 0.29) is 17.4 Å². The summed E-state index contributed by atoms with van der Waals surface area (Å²) in [4.78, 5) is 30.9. The fraction of sp³-hybridized carbons (Fsp3) is 0.333. The third-order valence-electron chi connectivity index (χ3n) is 2.29. The molecule has 0 amide bonds. The highest BCUT2D eigenvalue weighted by atomic mass is 32.1. The first-order valence-corrected chi connectivity index (χ1v) is 6.52. The van der Waals surface area contributed by atoms with Crippen molar-refractivity contribution in [1.29, 1.82) is 0 Å². The van der Waals surface area contributed by atoms with Crippen molar-refractivity contribution >= 4 is 23.1 Å². The van der Waals surface area contributed by atoms with Gasteiger partial charge >= 0.3 is 5.97 Å². The minimum atomic E-state index is -0.474. The Kier molecular flexibility index (Phi) is 3.75. The predicted octanol–water partition coefficient (Wildman–Crippen LogP) is 2.49. The first-order valence-electron chi connectivity index (χ1n) is 5.64. The molecule has 19 heavy (non-hydrogen) atoms. The van der Waals surface area contributed by atoms with Crippen molar-refractivity contribution in [2.24, 2.45) is 0 Å². The number of ketones is 1. The van der Waals surface area contributed by atoms with Crippen molar-refractivity contribution in [3.05, 3.63) is 22.7 Å². The van der Waals surface area contributed by atoms with Crippen LogP contribution in [0, 0.1) is 6.92 Å². The van der Waals surface area contributed by atoms with Gasteiger partial charge in [-0.1, -0.05) is 0 Å². The Morgan fingerprint density at radius 2 is 2.16 bits per heavy atom. The SMILES string of the molecule is CCOC(=O)c1csc(-c2nc(C(C)=O)oc2C)n1. The number of nitrogens with zero attached hydrogens (tertiary/aromatic N) is 2. The summed E-state index contributed by atoms with van der Waals surface area (Å²) in [5.41, 5.74) is 0.708. The van der Waals surface area contributed by atoms with E-state index >= 15 is 0 Å². The van der Waals surface area contributed by atoms with Crippen molar-refractivity contribution in [3.63, 3.8) is 0 Å². The summed E-state index contributed by atoms with van der Waals surface area (Å²) in [5, 5.41) is 2.12. The second-order valence-corrected chi connectivity index (χ2v) is 4.60. The topological polar surface area (TPSA) is 82.3 Å². The number of oxazole rings is 1. The smallest absolute Gasteiger partial charge is 0.357 e. The van der Waals surface area contributed by atoms with E-state index in [0.29, 0.717) is 23.1 Å². The quantitative estimate of drug-likeness (QED) is 0.632. The molecule has 2 rings (SSSR count). The standard InChI is InChI=1S/C12H12N2O4S/c1-4-17-12(16)8-5-19-11(13-8)9-7(3)18-10(14-9)6(2)15/h5H,4H2,1-3H3. The molecule has 0 bridgehead atoms. The molecule has 2 heterocycles. The van der Waals surface area contributed by atoms with Gasteiger partial charge in [-0.2, -0.15) is 0 Å². The maximum Gasteiger partial charge on any atom is 0.357 e. The van der Waals surface area contributed by atoms with Crippen molar-refractivity contribution in [3.8, 4) is 10.7 Å². The normalized spacial score (nSPS) is 10.5. The van der Waals surface area contributed by atoms with Gasteiger partial charge in [0.15, 0.2) is 5.69 Å². The van der Waals surface area contributed by atoms with Crippen LogP contribution in [0.5, 0.6) is 0 Å². The van der Waals surface area contributed by atoms with Gasteiger partial charge in [0.25, 0.3) is 5.89 Å². The lowest BCUT2D eigenvalue weighted by Crippen LogP contribution is -2.04. The zero-order chi connectivity index (χ0) is 14.0. The molecule has 0 N–H and O–H groups in total. The molecule has 6 nitrogen and oxygen atoms in total. The van der Waals surface area contributed by atoms with Crippen LogP contribution in [0.15, 0.2) is 9.80 Å². The minimum Gasteiger partial charge on any atom is -0.461 e. The van der Waals surface area contributed by atoms with E-state index < -0.39 is 5.97 Å². The Labute approximate surface area is 113 Å². The maximum atomic E-state index is 11.5. The van der Waals surface area contributed by atoms with Crippen LogP contribution in [0.3, 0.4) is 0 Å². The number of hydrogen-bond donors (Lipinski definition) is 0. The van der Waals surface area contributed by atoms with Crippen LogP contribution in [0.1, 0.15) is 40.8 Å². The van der Waals surface area contributed by atoms with E-state index in [0.717, 1.165) is 0 Å². The van der Waals surface area contributed by atoms with Crippen LogP contribution in [0.4, 0.5) is 0 Å². The summed E-state index contributed by atoms with van der Waals surface area (Å²) < 4.78 is 10.1. The second kappa shape index (κ2) is 5.31. The molecule has 2 aromatic heterocycles. The van der Waals surface area contributed by atoms with E-state index in [1.54, 1.807) is 19.2 Å². The molecule has 0 spiro atoms. The Bertz CT molecular complexity index is 629. The molecule has 0 fully saturated rings. The van der Waals surface area contributed by atoms with Gasteiger partial charge in [0.05, 0.1) is 6.61 Å². The molecule has 7 heteroatoms. The number of aryl methyl sites for hydroxylation is 1. The van der Waals surface area contributed by atoms with E-state index in [4.69, 9.17) is 9.15 Å². The molecule has 100 valence electrons. The molecule has 0 radical (unpaired) electrons. The lowest BCUT2D eigenvalue weighted by molar-refractivity contribution is 0.0520. The monoisotopic (exact) mass is 280 g/mol. The number of Topliss-reactive ketones (excluding diaryl/α,β-unsaturated/α-hetero) is 1. The Morgan fingerprint density at radius 1 is 1.42 bits per heavy atom. The molecule has 0 saturated carbocycles. The van der Waals surface area contributed by atoms with Gasteiger partial charge in [-0.15, -0.1) is 11.3 Å². The molecule has 0 unspecified atom stereocenters. The second-order valence-electron chi connectivity index (χ2n) is 3.74. The van der Waals surface area contributed by atoms with E-state index in [9.17, 15) is 9.59 Å². The number of thiazole rings is 1. The third kappa shape index (κ3) is 2.70. The van der Waals surface area contributed by atoms with Gasteiger partial charge in [-0.3, -0.25) is 4.79 Å². The molecule has 0 aromatic carbocycles. The van der Waals surface area contributed by atoms with Gasteiger partial charge in [0.2, 0.25) is 5.78 Å². The molecule has 2 aromatic rings. The van der Waals surface area contributed by atoms with Gasteiger partial charge in [0.1, 0.15) is 16.5 Å². The number of carbonyl (C=O) groups excluding carboxylic acids is 2. The lowest BCUT2D eigenvalue weighted by atomic mass is 10.4. The van der Waals surface area contributed by atoms with Crippen LogP contribution in [0.2, 0.25) is 0 Å². The van der Waals surface area contributed by atoms with Crippen LogP contribution in [-0.4, -0.2) is 28.3 Å². The molecule has 0 saturated heterocycles. The lowest BCUT2D eigenvalue weighted by Gasteiger charge is -1.95. The average molecular weight is 280 g/mol. The minimum absolute atomic E-state index is 0.0420. The maximum absolute atomic E-state index is 11.5. The van der Waals surface area contributed by atoms with Gasteiger partial charge in [0, 0.05) is 12.3 Å². The molecular weight excluding hydrogens is 268 g/mol. The molecule has 0 aliphatic rings. The first kappa shape index (κ1) is 13.4. The molecule has 0 aliphatic heterocycles. The van der Waals surface area contributed by atoms with Crippen LogP contribution in [-0.2, 0) is 4.74 Å². The zero-order valence-corrected chi connectivity index (χ0v) is 11.5. The number of rotatable bonds is 4. The van der Waals surface area contributed by atoms with Crippen LogP contribution >= 0.6 is 11.3 Å². The Balaban J connectivity index is 2.32. The predicted molar refractivity (Wildman–Crippen MR) is 68.3 cm³/mol. The van der Waals surface area contributed by atoms with E-state index in [1.807, 2.05) is 0 Å². The average Bonchev–Trinajstić information content (AvgIpc) is 2.95. The summed E-state index contributed by atoms with van der Waals surface area (Å²) in [6.07, 6.45) is 0. The number of hydrogen-bond acceptors (Lipinski definition) is 7. The highest BCUT2D eigenvalue weighted by Gasteiger charge is 2.19. The van der Waals surface area contributed by atoms with E-state index in [2.05, 4.69) is 9.97 Å². The van der Waals surface area contributed by atoms with Crippen molar-refractivity contribution in [2.75, 3.05) is 6.61 Å². The van der Waals surface area contributed by atoms with Crippen molar-refractivity contribution < 1.29 is 18.7 Å². The zero-order valence-electron chi connectivity index (χ0n) is 10.7. The number of ether oxygens (including phenoxy) is 1. The van der Waals surface area contributed by atoms with Gasteiger partial charge in [-0.25, -0.2) is 14.8 Å². The highest BCUT2D eigenvalue weighted by Crippen LogP contribution is 2.27. The highest BCUT2D eigenvalue weighted by molar-refractivity contribution is 7.13. The van der Waals surface area contributed by atoms with Gasteiger partial charge in [-0.05, 0) is 13.8 Å². The van der Waals surface area contributed by atoms with Crippen LogP contribution < -0.4 is 0 Å². The first-order chi connectivity index (χ1) is 9.02. The fourth-order valence-corrected chi connectivity index (χ4v) is 2.25. The largest absolute Gasteiger partial charge is 0.461 e. The van der Waals surface area contributed by atoms with E-state index in [1.165, 1.54) is 18.3 Å². The summed E-state index contributed by atoms with van der Waals surface area (Å²) in [6, 6.07) is 0. The number of aromatic nitrogens is 2. The molecule has 0 atom stereocenters. The fourth-order valence-electron chi connectivity index (χ4n) is 1.43. The summed E-state index contributed by atoms with van der Waals surface area (Å²) in [6.45, 7) is 5.09. The summed E-state index contributed by atoms with van der Waals surface area (Å²) in [7, 11) is 0.